The lowest BCUT2D eigenvalue weighted by Crippen LogP contribution is -2.50. The molecule has 1 aliphatic carbocycles. The van der Waals surface area contributed by atoms with Gasteiger partial charge >= 0.3 is 0 Å². The van der Waals surface area contributed by atoms with Crippen LogP contribution in [0.15, 0.2) is 18.2 Å². The van der Waals surface area contributed by atoms with Gasteiger partial charge in [0, 0.05) is 12.1 Å². The smallest absolute Gasteiger partial charge is 0.257 e. The number of hydrogen-bond donors (Lipinski definition) is 2. The Bertz CT molecular complexity index is 396. The van der Waals surface area contributed by atoms with Gasteiger partial charge in [-0.05, 0) is 25.0 Å². The van der Waals surface area contributed by atoms with E-state index in [1.807, 2.05) is 0 Å². The van der Waals surface area contributed by atoms with Gasteiger partial charge in [0.2, 0.25) is 0 Å². The molecule has 0 aliphatic heterocycles. The van der Waals surface area contributed by atoms with Crippen molar-refractivity contribution in [1.82, 2.24) is 5.32 Å². The average molecular weight is 226 g/mol. The number of carbonyl (C=O) groups is 1. The van der Waals surface area contributed by atoms with Crippen LogP contribution in [-0.2, 0) is 0 Å². The van der Waals surface area contributed by atoms with E-state index < -0.39 is 23.1 Å². The molecule has 1 aromatic carbocycles. The number of hydrogen-bond acceptors (Lipinski definition) is 2. The lowest BCUT2D eigenvalue weighted by Gasteiger charge is -2.32. The maximum atomic E-state index is 13.2. The Morgan fingerprint density at radius 3 is 2.38 bits per heavy atom. The summed E-state index contributed by atoms with van der Waals surface area (Å²) in [6.45, 7) is 0. The number of nitrogens with one attached hydrogen (secondary N) is 1. The maximum Gasteiger partial charge on any atom is 0.257 e. The first-order chi connectivity index (χ1) is 7.58. The van der Waals surface area contributed by atoms with E-state index in [0.29, 0.717) is 12.8 Å². The van der Waals surface area contributed by atoms with E-state index in [-0.39, 0.29) is 12.1 Å². The molecular weight excluding hydrogens is 214 g/mol. The van der Waals surface area contributed by atoms with E-state index in [2.05, 4.69) is 5.32 Å². The van der Waals surface area contributed by atoms with E-state index in [9.17, 15) is 13.6 Å². The van der Waals surface area contributed by atoms with E-state index in [1.165, 1.54) is 6.07 Å². The summed E-state index contributed by atoms with van der Waals surface area (Å²) in [5.41, 5.74) is 5.02. The molecule has 3 N–H and O–H groups in total. The van der Waals surface area contributed by atoms with Gasteiger partial charge in [0.05, 0.1) is 0 Å². The van der Waals surface area contributed by atoms with Gasteiger partial charge < -0.3 is 11.1 Å². The highest BCUT2D eigenvalue weighted by Gasteiger charge is 2.29. The molecule has 0 unspecified atom stereocenters. The number of amides is 1. The molecule has 0 spiro atoms. The minimum absolute atomic E-state index is 0.0680. The second-order valence-electron chi connectivity index (χ2n) is 4.00. The quantitative estimate of drug-likeness (QED) is 0.795. The number of halogens is 2. The normalized spacial score (nSPS) is 23.7. The molecule has 1 fully saturated rings. The summed E-state index contributed by atoms with van der Waals surface area (Å²) in [6.07, 6.45) is 1.31. The Morgan fingerprint density at radius 2 is 1.88 bits per heavy atom. The molecule has 1 saturated carbocycles. The fourth-order valence-corrected chi connectivity index (χ4v) is 1.75. The Balaban J connectivity index is 2.09. The Hall–Kier alpha value is -1.49. The van der Waals surface area contributed by atoms with Crippen molar-refractivity contribution in [3.05, 3.63) is 35.4 Å². The van der Waals surface area contributed by atoms with Crippen molar-refractivity contribution in [3.8, 4) is 0 Å². The molecule has 0 heterocycles. The monoisotopic (exact) mass is 226 g/mol. The zero-order valence-corrected chi connectivity index (χ0v) is 8.54. The Kier molecular flexibility index (Phi) is 2.87. The summed E-state index contributed by atoms with van der Waals surface area (Å²) in [7, 11) is 0. The van der Waals surface area contributed by atoms with Gasteiger partial charge in [-0.2, -0.15) is 0 Å². The molecule has 0 bridgehead atoms. The van der Waals surface area contributed by atoms with Crippen LogP contribution in [0.25, 0.3) is 0 Å². The number of carbonyl (C=O) groups excluding carboxylic acids is 1. The molecule has 1 aliphatic rings. The van der Waals surface area contributed by atoms with Gasteiger partial charge in [-0.15, -0.1) is 0 Å². The van der Waals surface area contributed by atoms with Gasteiger partial charge in [0.25, 0.3) is 5.91 Å². The summed E-state index contributed by atoms with van der Waals surface area (Å²) < 4.78 is 26.4. The molecule has 0 aromatic heterocycles. The fourth-order valence-electron chi connectivity index (χ4n) is 1.75. The molecule has 0 saturated heterocycles. The highest BCUT2D eigenvalue weighted by Crippen LogP contribution is 2.19. The second kappa shape index (κ2) is 4.17. The van der Waals surface area contributed by atoms with Gasteiger partial charge in [-0.3, -0.25) is 4.79 Å². The first-order valence-electron chi connectivity index (χ1n) is 5.08. The third-order valence-corrected chi connectivity index (χ3v) is 2.70. The van der Waals surface area contributed by atoms with Gasteiger partial charge in [-0.1, -0.05) is 6.07 Å². The van der Waals surface area contributed by atoms with Gasteiger partial charge in [0.1, 0.15) is 17.2 Å². The lowest BCUT2D eigenvalue weighted by atomic mass is 9.87. The summed E-state index contributed by atoms with van der Waals surface area (Å²) >= 11 is 0. The summed E-state index contributed by atoms with van der Waals surface area (Å²) in [5, 5.41) is 2.55. The highest BCUT2D eigenvalue weighted by molar-refractivity contribution is 5.95. The molecular formula is C11H12F2N2O. The first-order valence-corrected chi connectivity index (χ1v) is 5.08. The molecule has 16 heavy (non-hydrogen) atoms. The summed E-state index contributed by atoms with van der Waals surface area (Å²) in [5.74, 6) is -2.41. The van der Waals surface area contributed by atoms with E-state index in [4.69, 9.17) is 5.73 Å². The van der Waals surface area contributed by atoms with Crippen LogP contribution in [0.1, 0.15) is 23.2 Å². The zero-order valence-electron chi connectivity index (χ0n) is 8.54. The van der Waals surface area contributed by atoms with Crippen molar-refractivity contribution in [2.45, 2.75) is 24.9 Å². The maximum absolute atomic E-state index is 13.2. The minimum Gasteiger partial charge on any atom is -0.349 e. The summed E-state index contributed by atoms with van der Waals surface area (Å²) in [6, 6.07) is 3.35. The predicted octanol–water partition coefficient (Wildman–Crippen LogP) is 1.18. The van der Waals surface area contributed by atoms with Crippen LogP contribution >= 0.6 is 0 Å². The third kappa shape index (κ3) is 2.04. The fraction of sp³-hybridized carbons (Fsp3) is 0.364. The lowest BCUT2D eigenvalue weighted by molar-refractivity contribution is 0.0901. The van der Waals surface area contributed by atoms with E-state index in [1.54, 1.807) is 0 Å². The second-order valence-corrected chi connectivity index (χ2v) is 4.00. The van der Waals surface area contributed by atoms with Crippen LogP contribution < -0.4 is 11.1 Å². The molecule has 1 aromatic rings. The Labute approximate surface area is 91.6 Å². The number of benzene rings is 1. The largest absolute Gasteiger partial charge is 0.349 e. The topological polar surface area (TPSA) is 55.1 Å². The van der Waals surface area contributed by atoms with Crippen molar-refractivity contribution in [3.63, 3.8) is 0 Å². The molecule has 86 valence electrons. The number of rotatable bonds is 2. The van der Waals surface area contributed by atoms with Crippen LogP contribution in [0.5, 0.6) is 0 Å². The molecule has 3 nitrogen and oxygen atoms in total. The standard InChI is InChI=1S/C11H12F2N2O/c12-8-2-1-3-9(13)10(8)11(16)15-7-4-6(14)5-7/h1-3,6-7H,4-5,14H2,(H,15,16). The SMILES string of the molecule is NC1CC(NC(=O)c2c(F)cccc2F)C1. The molecule has 0 radical (unpaired) electrons. The van der Waals surface area contributed by atoms with Gasteiger partial charge in [0.15, 0.2) is 0 Å². The predicted molar refractivity (Wildman–Crippen MR) is 54.8 cm³/mol. The third-order valence-electron chi connectivity index (χ3n) is 2.70. The molecule has 0 atom stereocenters. The van der Waals surface area contributed by atoms with Crippen LogP contribution in [0, 0.1) is 11.6 Å². The minimum atomic E-state index is -0.846. The molecule has 5 heteroatoms. The van der Waals surface area contributed by atoms with Crippen molar-refractivity contribution >= 4 is 5.91 Å². The summed E-state index contributed by atoms with van der Waals surface area (Å²) in [4.78, 5) is 11.6. The zero-order chi connectivity index (χ0) is 11.7. The van der Waals surface area contributed by atoms with Crippen LogP contribution in [0.2, 0.25) is 0 Å². The number of nitrogens with two attached hydrogens (primary N) is 1. The molecule has 2 rings (SSSR count). The van der Waals surface area contributed by atoms with Crippen molar-refractivity contribution in [1.29, 1.82) is 0 Å². The van der Waals surface area contributed by atoms with E-state index >= 15 is 0 Å². The van der Waals surface area contributed by atoms with Crippen LogP contribution in [-0.4, -0.2) is 18.0 Å². The van der Waals surface area contributed by atoms with Crippen molar-refractivity contribution in [2.24, 2.45) is 5.73 Å². The van der Waals surface area contributed by atoms with Gasteiger partial charge in [-0.25, -0.2) is 8.78 Å². The van der Waals surface area contributed by atoms with E-state index in [0.717, 1.165) is 12.1 Å². The van der Waals surface area contributed by atoms with Crippen molar-refractivity contribution < 1.29 is 13.6 Å². The first kappa shape index (κ1) is 11.0. The van der Waals surface area contributed by atoms with Crippen LogP contribution in [0.4, 0.5) is 8.78 Å². The molecule has 1 amide bonds. The Morgan fingerprint density at radius 1 is 1.31 bits per heavy atom. The highest BCUT2D eigenvalue weighted by atomic mass is 19.1. The van der Waals surface area contributed by atoms with Crippen LogP contribution in [0.3, 0.4) is 0 Å². The van der Waals surface area contributed by atoms with Crippen molar-refractivity contribution in [2.75, 3.05) is 0 Å². The average Bonchev–Trinajstić information content (AvgIpc) is 2.15.